The fourth-order valence-electron chi connectivity index (χ4n) is 9.05. The molecule has 9 aromatic carbocycles. The molecule has 0 bridgehead atoms. The molecular weight excluding hydrogens is 771 g/mol. The van der Waals surface area contributed by atoms with Gasteiger partial charge in [-0.05, 0) is 73.8 Å². The number of hydrogen-bond donors (Lipinski definition) is 0. The van der Waals surface area contributed by atoms with Crippen molar-refractivity contribution in [2.24, 2.45) is 0 Å². The van der Waals surface area contributed by atoms with Crippen LogP contribution >= 0.6 is 11.8 Å². The van der Waals surface area contributed by atoms with Crippen LogP contribution in [0.25, 0.3) is 67.5 Å². The lowest BCUT2D eigenvalue weighted by Gasteiger charge is -2.42. The van der Waals surface area contributed by atoms with E-state index in [1.807, 2.05) is 42.1 Å². The molecule has 0 spiro atoms. The van der Waals surface area contributed by atoms with E-state index in [1.54, 1.807) is 0 Å². The van der Waals surface area contributed by atoms with Gasteiger partial charge in [-0.3, -0.25) is 0 Å². The highest BCUT2D eigenvalue weighted by molar-refractivity contribution is 7.99. The molecule has 62 heavy (non-hydrogen) atoms. The number of rotatable bonds is 8. The Balaban J connectivity index is 1.03. The monoisotopic (exact) mass is 809 g/mol. The lowest BCUT2D eigenvalue weighted by atomic mass is 9.64. The first-order chi connectivity index (χ1) is 30.7. The summed E-state index contributed by atoms with van der Waals surface area (Å²) in [6.45, 7) is 0. The molecule has 4 heteroatoms. The summed E-state index contributed by atoms with van der Waals surface area (Å²) >= 11 is 1.87. The van der Waals surface area contributed by atoms with E-state index in [2.05, 4.69) is 206 Å². The van der Waals surface area contributed by atoms with Crippen molar-refractivity contribution >= 4 is 11.8 Å². The van der Waals surface area contributed by atoms with Gasteiger partial charge in [0.25, 0.3) is 0 Å². The predicted octanol–water partition coefficient (Wildman–Crippen LogP) is 14.7. The number of nitrogens with zero attached hydrogens (tertiary/aromatic N) is 3. The third kappa shape index (κ3) is 6.62. The van der Waals surface area contributed by atoms with Crippen molar-refractivity contribution in [2.75, 3.05) is 0 Å². The molecule has 0 fully saturated rings. The molecule has 0 saturated carbocycles. The van der Waals surface area contributed by atoms with Gasteiger partial charge < -0.3 is 0 Å². The highest BCUT2D eigenvalue weighted by atomic mass is 32.2. The van der Waals surface area contributed by atoms with E-state index < -0.39 is 5.41 Å². The molecular formula is C58H39N3S. The van der Waals surface area contributed by atoms with E-state index in [1.165, 1.54) is 37.6 Å². The fourth-order valence-corrected chi connectivity index (χ4v) is 10.4. The molecule has 0 saturated heterocycles. The van der Waals surface area contributed by atoms with Crippen LogP contribution in [-0.2, 0) is 5.41 Å². The lowest BCUT2D eigenvalue weighted by molar-refractivity contribution is 0.703. The number of fused-ring (bicyclic) bond motifs is 2. The quantitative estimate of drug-likeness (QED) is 0.153. The van der Waals surface area contributed by atoms with Gasteiger partial charge in [0.1, 0.15) is 0 Å². The maximum atomic E-state index is 5.19. The first-order valence-corrected chi connectivity index (χ1v) is 21.8. The minimum Gasteiger partial charge on any atom is -0.208 e. The molecule has 0 N–H and O–H groups in total. The van der Waals surface area contributed by atoms with E-state index >= 15 is 0 Å². The Morgan fingerprint density at radius 3 is 1.40 bits per heavy atom. The Bertz CT molecular complexity index is 3160. The molecule has 292 valence electrons. The van der Waals surface area contributed by atoms with Crippen molar-refractivity contribution in [1.82, 2.24) is 15.0 Å². The molecule has 0 amide bonds. The maximum Gasteiger partial charge on any atom is 0.164 e. The summed E-state index contributed by atoms with van der Waals surface area (Å²) in [6.07, 6.45) is 0. The van der Waals surface area contributed by atoms with Crippen molar-refractivity contribution in [1.29, 1.82) is 0 Å². The molecule has 0 atom stereocenters. The molecule has 3 nitrogen and oxygen atoms in total. The van der Waals surface area contributed by atoms with Crippen LogP contribution in [0.4, 0.5) is 0 Å². The van der Waals surface area contributed by atoms with Crippen LogP contribution in [0.15, 0.2) is 246 Å². The molecule has 1 aliphatic rings. The van der Waals surface area contributed by atoms with Gasteiger partial charge in [-0.15, -0.1) is 0 Å². The van der Waals surface area contributed by atoms with Crippen molar-refractivity contribution in [2.45, 2.75) is 15.2 Å². The highest BCUT2D eigenvalue weighted by Crippen LogP contribution is 2.57. The Morgan fingerprint density at radius 2 is 0.726 bits per heavy atom. The summed E-state index contributed by atoms with van der Waals surface area (Å²) in [5, 5.41) is 0. The van der Waals surface area contributed by atoms with E-state index in [9.17, 15) is 0 Å². The zero-order valence-electron chi connectivity index (χ0n) is 33.8. The summed E-state index contributed by atoms with van der Waals surface area (Å²) < 4.78 is 0. The Morgan fingerprint density at radius 1 is 0.290 bits per heavy atom. The molecule has 1 aliphatic heterocycles. The Kier molecular flexibility index (Phi) is 9.68. The summed E-state index contributed by atoms with van der Waals surface area (Å²) in [5.41, 5.74) is 14.2. The molecule has 2 heterocycles. The van der Waals surface area contributed by atoms with Gasteiger partial charge in [0, 0.05) is 26.5 Å². The summed E-state index contributed by atoms with van der Waals surface area (Å²) in [7, 11) is 0. The lowest BCUT2D eigenvalue weighted by Crippen LogP contribution is -2.34. The van der Waals surface area contributed by atoms with Gasteiger partial charge in [0.2, 0.25) is 0 Å². The minimum atomic E-state index is -0.495. The zero-order chi connectivity index (χ0) is 41.3. The SMILES string of the molecule is c1ccc(-c2nc(-c3cccc(-c4cccc(-c5cccc6c5Sc5ccccc5C6(c5ccccc5)c5ccccc5)c4)c3)nc(-c3ccccc3-c3ccccc3)n2)cc1. The van der Waals surface area contributed by atoms with E-state index in [-0.39, 0.29) is 0 Å². The van der Waals surface area contributed by atoms with Gasteiger partial charge in [-0.1, -0.05) is 230 Å². The molecule has 0 aliphatic carbocycles. The van der Waals surface area contributed by atoms with Gasteiger partial charge in [0.05, 0.1) is 5.41 Å². The largest absolute Gasteiger partial charge is 0.208 e. The topological polar surface area (TPSA) is 38.7 Å². The number of hydrogen-bond acceptors (Lipinski definition) is 4. The molecule has 10 aromatic rings. The molecule has 0 unspecified atom stereocenters. The van der Waals surface area contributed by atoms with Gasteiger partial charge in [-0.25, -0.2) is 15.0 Å². The minimum absolute atomic E-state index is 0.495. The second-order valence-corrected chi connectivity index (χ2v) is 16.6. The average Bonchev–Trinajstić information content (AvgIpc) is 3.36. The second-order valence-electron chi connectivity index (χ2n) is 15.5. The molecule has 0 radical (unpaired) electrons. The van der Waals surface area contributed by atoms with Crippen LogP contribution in [0.1, 0.15) is 22.3 Å². The van der Waals surface area contributed by atoms with Gasteiger partial charge in [-0.2, -0.15) is 0 Å². The van der Waals surface area contributed by atoms with Crippen LogP contribution in [0.5, 0.6) is 0 Å². The van der Waals surface area contributed by atoms with Gasteiger partial charge >= 0.3 is 0 Å². The Labute approximate surface area is 366 Å². The van der Waals surface area contributed by atoms with Crippen LogP contribution in [-0.4, -0.2) is 15.0 Å². The molecule has 11 rings (SSSR count). The van der Waals surface area contributed by atoms with Crippen molar-refractivity contribution in [3.63, 3.8) is 0 Å². The third-order valence-corrected chi connectivity index (χ3v) is 13.1. The zero-order valence-corrected chi connectivity index (χ0v) is 34.6. The normalized spacial score (nSPS) is 12.6. The maximum absolute atomic E-state index is 5.19. The fraction of sp³-hybridized carbons (Fsp3) is 0.0172. The van der Waals surface area contributed by atoms with Crippen molar-refractivity contribution in [3.05, 3.63) is 259 Å². The van der Waals surface area contributed by atoms with E-state index in [0.717, 1.165) is 44.5 Å². The predicted molar refractivity (Wildman–Crippen MR) is 255 cm³/mol. The van der Waals surface area contributed by atoms with Crippen LogP contribution in [0.3, 0.4) is 0 Å². The third-order valence-electron chi connectivity index (χ3n) is 11.9. The van der Waals surface area contributed by atoms with Crippen LogP contribution < -0.4 is 0 Å². The van der Waals surface area contributed by atoms with E-state index in [0.29, 0.717) is 17.5 Å². The standard InChI is InChI=1S/C58H39N3S/c1-5-20-40(21-6-1)48-32-13-14-33-50(48)57-60-55(41-22-7-2-8-23-41)59-56(61-57)45-27-18-25-43(39-45)42-24-17-26-44(38-42)49-34-19-36-52-54(49)62-53-37-16-15-35-51(53)58(52,46-28-9-3-10-29-46)47-30-11-4-12-31-47/h1-39H. The first kappa shape index (κ1) is 37.3. The first-order valence-electron chi connectivity index (χ1n) is 20.9. The van der Waals surface area contributed by atoms with Crippen LogP contribution in [0, 0.1) is 0 Å². The van der Waals surface area contributed by atoms with Crippen LogP contribution in [0.2, 0.25) is 0 Å². The van der Waals surface area contributed by atoms with Crippen molar-refractivity contribution in [3.8, 4) is 67.5 Å². The Hall–Kier alpha value is -7.66. The number of aromatic nitrogens is 3. The van der Waals surface area contributed by atoms with Crippen molar-refractivity contribution < 1.29 is 0 Å². The molecule has 1 aromatic heterocycles. The van der Waals surface area contributed by atoms with E-state index in [4.69, 9.17) is 15.0 Å². The average molecular weight is 810 g/mol. The van der Waals surface area contributed by atoms with Gasteiger partial charge in [0.15, 0.2) is 17.5 Å². The number of benzene rings is 9. The second kappa shape index (κ2) is 16.1. The highest BCUT2D eigenvalue weighted by Gasteiger charge is 2.44. The summed E-state index contributed by atoms with van der Waals surface area (Å²) in [5.74, 6) is 1.90. The summed E-state index contributed by atoms with van der Waals surface area (Å²) in [4.78, 5) is 17.9. The summed E-state index contributed by atoms with van der Waals surface area (Å²) in [6, 6.07) is 84.2. The smallest absolute Gasteiger partial charge is 0.164 e.